The molecule has 0 saturated carbocycles. The summed E-state index contributed by atoms with van der Waals surface area (Å²) in [5.74, 6) is 0. The van der Waals surface area contributed by atoms with Crippen LogP contribution in [0.5, 0.6) is 0 Å². The van der Waals surface area contributed by atoms with Crippen LogP contribution < -0.4 is 0 Å². The maximum Gasteiger partial charge on any atom is 0.417 e. The van der Waals surface area contributed by atoms with Crippen LogP contribution in [0.3, 0.4) is 0 Å². The van der Waals surface area contributed by atoms with Crippen molar-refractivity contribution >= 4 is 55.3 Å². The number of carbonyl (C=O) groups is 2. The summed E-state index contributed by atoms with van der Waals surface area (Å²) in [7, 11) is 1.09. The summed E-state index contributed by atoms with van der Waals surface area (Å²) in [5.41, 5.74) is -4.23. The van der Waals surface area contributed by atoms with E-state index in [9.17, 15) is 35.9 Å². The highest BCUT2D eigenvalue weighted by Crippen LogP contribution is 2.46. The molecular weight excluding hydrogens is 473 g/mol. The van der Waals surface area contributed by atoms with Crippen molar-refractivity contribution in [2.24, 2.45) is 0 Å². The first kappa shape index (κ1) is 22.9. The summed E-state index contributed by atoms with van der Waals surface area (Å²) in [6, 6.07) is 5.66. The number of benzene rings is 2. The lowest BCUT2D eigenvalue weighted by atomic mass is 10.1. The Balaban J connectivity index is 2.49. The van der Waals surface area contributed by atoms with Gasteiger partial charge in [0.05, 0.1) is 22.3 Å². The van der Waals surface area contributed by atoms with E-state index in [1.54, 1.807) is 0 Å². The largest absolute Gasteiger partial charge is 0.417 e. The maximum absolute atomic E-state index is 13.1. The maximum atomic E-state index is 13.1. The molecule has 28 heavy (non-hydrogen) atoms. The van der Waals surface area contributed by atoms with E-state index >= 15 is 0 Å². The van der Waals surface area contributed by atoms with E-state index in [2.05, 4.69) is 0 Å². The minimum Gasteiger partial charge on any atom is -0.276 e. The zero-order valence-electron chi connectivity index (χ0n) is 13.1. The summed E-state index contributed by atoms with van der Waals surface area (Å²) in [4.78, 5) is 22.6. The molecule has 0 heterocycles. The number of hydrogen-bond acceptors (Lipinski definition) is 4. The van der Waals surface area contributed by atoms with Crippen LogP contribution >= 0.6 is 44.8 Å². The van der Waals surface area contributed by atoms with E-state index in [0.29, 0.717) is 33.7 Å². The van der Waals surface area contributed by atoms with Crippen molar-refractivity contribution in [1.29, 1.82) is 0 Å². The van der Waals surface area contributed by atoms with Crippen LogP contribution in [0.25, 0.3) is 0 Å². The number of carbonyl (C=O) groups excluding carboxylic acids is 2. The first-order valence-corrected chi connectivity index (χ1v) is 9.89. The zero-order chi connectivity index (χ0) is 21.3. The van der Waals surface area contributed by atoms with Gasteiger partial charge in [0.1, 0.15) is 0 Å². The standard InChI is InChI=1S/C16H6Cl2F6O2S2/c17-13(25)11-7(15(19,20)21)3-1-5-9(11)27-28-10-6-2-4-8(16(22,23)24)12(10)14(18)26/h1-6H. The van der Waals surface area contributed by atoms with Gasteiger partial charge in [-0.25, -0.2) is 0 Å². The molecule has 0 amide bonds. The molecule has 0 aliphatic heterocycles. The topological polar surface area (TPSA) is 34.1 Å². The normalized spacial score (nSPS) is 12.1. The van der Waals surface area contributed by atoms with Gasteiger partial charge in [0, 0.05) is 9.79 Å². The van der Waals surface area contributed by atoms with Crippen LogP contribution in [0.1, 0.15) is 31.8 Å². The Morgan fingerprint density at radius 2 is 1.00 bits per heavy atom. The van der Waals surface area contributed by atoms with E-state index in [1.807, 2.05) is 0 Å². The summed E-state index contributed by atoms with van der Waals surface area (Å²) < 4.78 is 78.6. The Hall–Kier alpha value is -1.36. The van der Waals surface area contributed by atoms with E-state index in [0.717, 1.165) is 24.3 Å². The van der Waals surface area contributed by atoms with Gasteiger partial charge < -0.3 is 0 Å². The second-order valence-corrected chi connectivity index (χ2v) is 7.97. The third-order valence-electron chi connectivity index (χ3n) is 3.28. The van der Waals surface area contributed by atoms with Gasteiger partial charge in [-0.1, -0.05) is 33.7 Å². The molecule has 150 valence electrons. The number of hydrogen-bond donors (Lipinski definition) is 0. The van der Waals surface area contributed by atoms with Gasteiger partial charge in [0.25, 0.3) is 10.5 Å². The van der Waals surface area contributed by atoms with Crippen molar-refractivity contribution in [3.63, 3.8) is 0 Å². The van der Waals surface area contributed by atoms with Crippen molar-refractivity contribution in [1.82, 2.24) is 0 Å². The minimum atomic E-state index is -4.87. The van der Waals surface area contributed by atoms with Crippen molar-refractivity contribution in [2.45, 2.75) is 22.1 Å². The minimum absolute atomic E-state index is 0.231. The molecule has 0 fully saturated rings. The van der Waals surface area contributed by atoms with Crippen LogP contribution in [0.15, 0.2) is 46.2 Å². The van der Waals surface area contributed by atoms with Crippen molar-refractivity contribution in [2.75, 3.05) is 0 Å². The van der Waals surface area contributed by atoms with Crippen LogP contribution in [0.2, 0.25) is 0 Å². The highest BCUT2D eigenvalue weighted by molar-refractivity contribution is 8.76. The molecule has 0 spiro atoms. The van der Waals surface area contributed by atoms with Crippen molar-refractivity contribution < 1.29 is 35.9 Å². The fourth-order valence-corrected chi connectivity index (χ4v) is 5.08. The smallest absolute Gasteiger partial charge is 0.276 e. The Morgan fingerprint density at radius 1 is 0.679 bits per heavy atom. The Kier molecular flexibility index (Phi) is 7.01. The van der Waals surface area contributed by atoms with E-state index in [1.165, 1.54) is 0 Å². The molecule has 0 aromatic heterocycles. The predicted octanol–water partition coefficient (Wildman–Crippen LogP) is 7.28. The second-order valence-electron chi connectivity index (χ2n) is 5.07. The van der Waals surface area contributed by atoms with Crippen LogP contribution in [0.4, 0.5) is 26.3 Å². The molecule has 2 aromatic rings. The highest BCUT2D eigenvalue weighted by atomic mass is 35.5. The Labute approximate surface area is 172 Å². The second kappa shape index (κ2) is 8.56. The van der Waals surface area contributed by atoms with Gasteiger partial charge in [-0.2, -0.15) is 26.3 Å². The first-order chi connectivity index (χ1) is 12.8. The molecule has 12 heteroatoms. The average molecular weight is 479 g/mol. The van der Waals surface area contributed by atoms with Crippen molar-refractivity contribution in [3.05, 3.63) is 58.7 Å². The Morgan fingerprint density at radius 3 is 1.25 bits per heavy atom. The third kappa shape index (κ3) is 5.16. The van der Waals surface area contributed by atoms with Gasteiger partial charge >= 0.3 is 12.4 Å². The summed E-state index contributed by atoms with van der Waals surface area (Å²) >= 11 is 10.6. The predicted molar refractivity (Wildman–Crippen MR) is 95.0 cm³/mol. The molecule has 0 bridgehead atoms. The fourth-order valence-electron chi connectivity index (χ4n) is 2.17. The Bertz CT molecular complexity index is 853. The monoisotopic (exact) mass is 478 g/mol. The van der Waals surface area contributed by atoms with Gasteiger partial charge in [-0.3, -0.25) is 9.59 Å². The summed E-state index contributed by atoms with van der Waals surface area (Å²) in [5, 5.41) is -2.76. The molecule has 0 N–H and O–H groups in total. The molecule has 2 rings (SSSR count). The van der Waals surface area contributed by atoms with Gasteiger partial charge in [0.15, 0.2) is 0 Å². The number of halogens is 8. The summed E-state index contributed by atoms with van der Waals surface area (Å²) in [6.45, 7) is 0. The van der Waals surface area contributed by atoms with E-state index < -0.39 is 45.1 Å². The van der Waals surface area contributed by atoms with Crippen LogP contribution in [-0.2, 0) is 12.4 Å². The first-order valence-electron chi connectivity index (χ1n) is 6.98. The third-order valence-corrected chi connectivity index (χ3v) is 6.11. The molecule has 2 nitrogen and oxygen atoms in total. The highest BCUT2D eigenvalue weighted by Gasteiger charge is 2.37. The lowest BCUT2D eigenvalue weighted by molar-refractivity contribution is -0.138. The van der Waals surface area contributed by atoms with Gasteiger partial charge in [0.2, 0.25) is 0 Å². The van der Waals surface area contributed by atoms with E-state index in [4.69, 9.17) is 23.2 Å². The quantitative estimate of drug-likeness (QED) is 0.257. The van der Waals surface area contributed by atoms with Crippen LogP contribution in [-0.4, -0.2) is 10.5 Å². The van der Waals surface area contributed by atoms with Crippen LogP contribution in [0, 0.1) is 0 Å². The van der Waals surface area contributed by atoms with Gasteiger partial charge in [-0.15, -0.1) is 0 Å². The lowest BCUT2D eigenvalue weighted by Gasteiger charge is -2.15. The number of alkyl halides is 6. The van der Waals surface area contributed by atoms with E-state index in [-0.39, 0.29) is 9.79 Å². The SMILES string of the molecule is O=C(Cl)c1c(SSc2cccc(C(F)(F)F)c2C(=O)Cl)cccc1C(F)(F)F. The molecule has 2 aromatic carbocycles. The van der Waals surface area contributed by atoms with Gasteiger partial charge in [-0.05, 0) is 47.5 Å². The molecular formula is C16H6Cl2F6O2S2. The molecule has 0 aliphatic rings. The molecule has 0 unspecified atom stereocenters. The number of rotatable bonds is 5. The molecule has 0 radical (unpaired) electrons. The molecule has 0 saturated heterocycles. The average Bonchev–Trinajstić information content (AvgIpc) is 2.57. The molecule has 0 aliphatic carbocycles. The molecule has 0 atom stereocenters. The zero-order valence-corrected chi connectivity index (χ0v) is 16.3. The van der Waals surface area contributed by atoms with Crippen molar-refractivity contribution in [3.8, 4) is 0 Å². The summed E-state index contributed by atoms with van der Waals surface area (Å²) in [6.07, 6.45) is -9.73. The fraction of sp³-hybridized carbons (Fsp3) is 0.125. The lowest BCUT2D eigenvalue weighted by Crippen LogP contribution is -2.12.